The van der Waals surface area contributed by atoms with Crippen LogP contribution in [0.25, 0.3) is 10.9 Å². The molecule has 7 nitrogen and oxygen atoms in total. The summed E-state index contributed by atoms with van der Waals surface area (Å²) in [4.78, 5) is 17.8. The van der Waals surface area contributed by atoms with Crippen LogP contribution in [0, 0.1) is 6.92 Å². The highest BCUT2D eigenvalue weighted by atomic mass is 32.2. The van der Waals surface area contributed by atoms with Gasteiger partial charge in [-0.15, -0.1) is 0 Å². The number of pyridine rings is 1. The average molecular weight is 375 g/mol. The highest BCUT2D eigenvalue weighted by Crippen LogP contribution is 2.35. The van der Waals surface area contributed by atoms with E-state index in [9.17, 15) is 13.2 Å². The number of likely N-dealkylation sites (N-methyl/N-ethyl adjacent to an activating group) is 1. The number of amides is 1. The van der Waals surface area contributed by atoms with Crippen LogP contribution in [0.4, 0.5) is 4.79 Å². The maximum Gasteiger partial charge on any atom is 0.410 e. The Morgan fingerprint density at radius 3 is 2.62 bits per heavy atom. The summed E-state index contributed by atoms with van der Waals surface area (Å²) in [5, 5.41) is 0.811. The molecule has 2 aromatic rings. The molecule has 2 aliphatic heterocycles. The summed E-state index contributed by atoms with van der Waals surface area (Å²) in [5.41, 5.74) is 0.913. The fraction of sp³-hybridized carbons (Fsp3) is 0.444. The zero-order chi connectivity index (χ0) is 18.5. The SMILES string of the molecule is Cc1cnc2c(S(=O)(=O)N3CCC4(CC3)CN(C)C(=O)O4)cccc2c1. The molecule has 0 saturated carbocycles. The number of carbonyl (C=O) groups is 1. The smallest absolute Gasteiger partial charge is 0.410 e. The Balaban J connectivity index is 1.62. The van der Waals surface area contributed by atoms with E-state index >= 15 is 0 Å². The lowest BCUT2D eigenvalue weighted by Gasteiger charge is -2.36. The van der Waals surface area contributed by atoms with E-state index in [0.29, 0.717) is 38.0 Å². The minimum Gasteiger partial charge on any atom is -0.441 e. The van der Waals surface area contributed by atoms with E-state index in [1.807, 2.05) is 19.1 Å². The van der Waals surface area contributed by atoms with Crippen molar-refractivity contribution in [3.05, 3.63) is 36.0 Å². The summed E-state index contributed by atoms with van der Waals surface area (Å²) in [5.74, 6) is 0. The second-order valence-corrected chi connectivity index (χ2v) is 9.06. The number of hydrogen-bond donors (Lipinski definition) is 0. The first-order chi connectivity index (χ1) is 12.3. The van der Waals surface area contributed by atoms with E-state index in [2.05, 4.69) is 4.98 Å². The lowest BCUT2D eigenvalue weighted by Crippen LogP contribution is -2.48. The first-order valence-electron chi connectivity index (χ1n) is 8.60. The van der Waals surface area contributed by atoms with Crippen LogP contribution in [-0.2, 0) is 14.8 Å². The molecule has 0 atom stereocenters. The van der Waals surface area contributed by atoms with Gasteiger partial charge in [0.25, 0.3) is 0 Å². The first-order valence-corrected chi connectivity index (χ1v) is 10.0. The minimum absolute atomic E-state index is 0.228. The number of piperidine rings is 1. The molecule has 0 unspecified atom stereocenters. The number of rotatable bonds is 2. The number of sulfonamides is 1. The van der Waals surface area contributed by atoms with Crippen molar-refractivity contribution in [1.82, 2.24) is 14.2 Å². The van der Waals surface area contributed by atoms with Crippen molar-refractivity contribution < 1.29 is 17.9 Å². The van der Waals surface area contributed by atoms with E-state index in [-0.39, 0.29) is 11.0 Å². The summed E-state index contributed by atoms with van der Waals surface area (Å²) in [6.07, 6.45) is 2.34. The van der Waals surface area contributed by atoms with Crippen molar-refractivity contribution in [2.45, 2.75) is 30.3 Å². The van der Waals surface area contributed by atoms with E-state index in [1.54, 1.807) is 30.3 Å². The molecule has 0 bridgehead atoms. The minimum atomic E-state index is -3.66. The largest absolute Gasteiger partial charge is 0.441 e. The zero-order valence-corrected chi connectivity index (χ0v) is 15.6. The number of ether oxygens (including phenoxy) is 1. The Morgan fingerprint density at radius 1 is 1.23 bits per heavy atom. The van der Waals surface area contributed by atoms with E-state index in [1.165, 1.54) is 4.31 Å². The molecule has 1 aromatic carbocycles. The fourth-order valence-corrected chi connectivity index (χ4v) is 5.38. The molecule has 2 aliphatic rings. The number of aromatic nitrogens is 1. The number of para-hydroxylation sites is 1. The number of fused-ring (bicyclic) bond motifs is 1. The summed E-state index contributed by atoms with van der Waals surface area (Å²) in [6, 6.07) is 7.15. The standard InChI is InChI=1S/C18H21N3O4S/c1-13-10-14-4-3-5-15(16(14)19-11-13)26(23,24)21-8-6-18(7-9-21)12-20(2)17(22)25-18/h3-5,10-11H,6-9,12H2,1-2H3. The molecule has 0 aliphatic carbocycles. The fourth-order valence-electron chi connectivity index (χ4n) is 3.78. The van der Waals surface area contributed by atoms with Crippen LogP contribution >= 0.6 is 0 Å². The van der Waals surface area contributed by atoms with Gasteiger partial charge in [-0.3, -0.25) is 4.98 Å². The van der Waals surface area contributed by atoms with Crippen molar-refractivity contribution in [2.24, 2.45) is 0 Å². The highest BCUT2D eigenvalue weighted by molar-refractivity contribution is 7.89. The first kappa shape index (κ1) is 17.2. The molecule has 138 valence electrons. The molecule has 2 fully saturated rings. The van der Waals surface area contributed by atoms with E-state index in [4.69, 9.17) is 4.74 Å². The van der Waals surface area contributed by atoms with Crippen LogP contribution in [0.1, 0.15) is 18.4 Å². The van der Waals surface area contributed by atoms with Gasteiger partial charge in [-0.1, -0.05) is 12.1 Å². The topological polar surface area (TPSA) is 79.8 Å². The molecule has 4 rings (SSSR count). The zero-order valence-electron chi connectivity index (χ0n) is 14.8. The van der Waals surface area contributed by atoms with Gasteiger partial charge in [0.05, 0.1) is 12.1 Å². The summed E-state index contributed by atoms with van der Waals surface area (Å²) < 4.78 is 33.3. The molecule has 2 saturated heterocycles. The molecule has 3 heterocycles. The molecule has 0 radical (unpaired) electrons. The van der Waals surface area contributed by atoms with Gasteiger partial charge < -0.3 is 9.64 Å². The van der Waals surface area contributed by atoms with Crippen molar-refractivity contribution in [3.63, 3.8) is 0 Å². The molecular weight excluding hydrogens is 354 g/mol. The molecule has 8 heteroatoms. The van der Waals surface area contributed by atoms with Crippen LogP contribution in [0.2, 0.25) is 0 Å². The highest BCUT2D eigenvalue weighted by Gasteiger charge is 2.47. The predicted octanol–water partition coefficient (Wildman–Crippen LogP) is 2.15. The summed E-state index contributed by atoms with van der Waals surface area (Å²) in [6.45, 7) is 3.09. The number of carbonyl (C=O) groups excluding carboxylic acids is 1. The lowest BCUT2D eigenvalue weighted by atomic mass is 9.92. The molecule has 0 N–H and O–H groups in total. The molecule has 1 spiro atoms. The van der Waals surface area contributed by atoms with Gasteiger partial charge in [0.2, 0.25) is 10.0 Å². The summed E-state index contributed by atoms with van der Waals surface area (Å²) in [7, 11) is -1.96. The van der Waals surface area contributed by atoms with Gasteiger partial charge in [0.15, 0.2) is 0 Å². The van der Waals surface area contributed by atoms with Gasteiger partial charge in [-0.2, -0.15) is 4.31 Å². The number of benzene rings is 1. The average Bonchev–Trinajstić information content (AvgIpc) is 2.87. The Morgan fingerprint density at radius 2 is 1.96 bits per heavy atom. The van der Waals surface area contributed by atoms with Gasteiger partial charge in [0.1, 0.15) is 10.5 Å². The lowest BCUT2D eigenvalue weighted by molar-refractivity contribution is 0.0172. The Labute approximate surface area is 152 Å². The third kappa shape index (κ3) is 2.73. The van der Waals surface area contributed by atoms with Gasteiger partial charge in [-0.25, -0.2) is 13.2 Å². The number of aryl methyl sites for hydroxylation is 1. The quantitative estimate of drug-likeness (QED) is 0.803. The van der Waals surface area contributed by atoms with Crippen LogP contribution in [-0.4, -0.2) is 61.0 Å². The van der Waals surface area contributed by atoms with Crippen molar-refractivity contribution in [3.8, 4) is 0 Å². The maximum atomic E-state index is 13.2. The van der Waals surface area contributed by atoms with E-state index in [0.717, 1.165) is 10.9 Å². The van der Waals surface area contributed by atoms with Crippen LogP contribution in [0.3, 0.4) is 0 Å². The van der Waals surface area contributed by atoms with Crippen molar-refractivity contribution in [1.29, 1.82) is 0 Å². The van der Waals surface area contributed by atoms with Crippen molar-refractivity contribution >= 4 is 27.0 Å². The summed E-state index contributed by atoms with van der Waals surface area (Å²) >= 11 is 0. The third-order valence-electron chi connectivity index (χ3n) is 5.20. The second-order valence-electron chi connectivity index (χ2n) is 7.15. The third-order valence-corrected chi connectivity index (χ3v) is 7.13. The Bertz CT molecular complexity index is 981. The molecular formula is C18H21N3O4S. The maximum absolute atomic E-state index is 13.2. The number of hydrogen-bond acceptors (Lipinski definition) is 5. The second kappa shape index (κ2) is 5.92. The van der Waals surface area contributed by atoms with Crippen LogP contribution < -0.4 is 0 Å². The predicted molar refractivity (Wildman–Crippen MR) is 96.3 cm³/mol. The number of nitrogens with zero attached hydrogens (tertiary/aromatic N) is 3. The van der Waals surface area contributed by atoms with Gasteiger partial charge in [-0.05, 0) is 24.6 Å². The Hall–Kier alpha value is -2.19. The van der Waals surface area contributed by atoms with Crippen LogP contribution in [0.15, 0.2) is 35.4 Å². The molecule has 1 amide bonds. The molecule has 1 aromatic heterocycles. The van der Waals surface area contributed by atoms with Crippen molar-refractivity contribution in [2.75, 3.05) is 26.7 Å². The molecule has 26 heavy (non-hydrogen) atoms. The van der Waals surface area contributed by atoms with E-state index < -0.39 is 15.6 Å². The normalized spacial score (nSPS) is 20.7. The van der Waals surface area contributed by atoms with Gasteiger partial charge >= 0.3 is 6.09 Å². The monoisotopic (exact) mass is 375 g/mol. The van der Waals surface area contributed by atoms with Gasteiger partial charge in [0, 0.05) is 44.6 Å². The Kier molecular flexibility index (Phi) is 3.92. The van der Waals surface area contributed by atoms with Crippen LogP contribution in [0.5, 0.6) is 0 Å².